The highest BCUT2D eigenvalue weighted by atomic mass is 14.2. The Bertz CT molecular complexity index is 144. The van der Waals surface area contributed by atoms with Gasteiger partial charge < -0.3 is 0 Å². The van der Waals surface area contributed by atoms with E-state index in [4.69, 9.17) is 0 Å². The molecule has 98 valence electrons. The summed E-state index contributed by atoms with van der Waals surface area (Å²) in [5, 5.41) is 0. The summed E-state index contributed by atoms with van der Waals surface area (Å²) in [4.78, 5) is 0. The van der Waals surface area contributed by atoms with Gasteiger partial charge in [0.1, 0.15) is 0 Å². The van der Waals surface area contributed by atoms with Crippen LogP contribution in [0.1, 0.15) is 80.1 Å². The number of hydrogen-bond donors (Lipinski definition) is 0. The molecule has 2 unspecified atom stereocenters. The molecular formula is C16H34. The Morgan fingerprint density at radius 2 is 1.50 bits per heavy atom. The van der Waals surface area contributed by atoms with E-state index < -0.39 is 0 Å². The van der Waals surface area contributed by atoms with Gasteiger partial charge >= 0.3 is 0 Å². The monoisotopic (exact) mass is 226 g/mol. The predicted octanol–water partition coefficient (Wildman–Crippen LogP) is 5.91. The van der Waals surface area contributed by atoms with Gasteiger partial charge in [-0.05, 0) is 30.1 Å². The van der Waals surface area contributed by atoms with E-state index in [0.29, 0.717) is 0 Å². The van der Waals surface area contributed by atoms with Crippen molar-refractivity contribution in [2.24, 2.45) is 23.7 Å². The normalized spacial score (nSPS) is 19.7. The van der Waals surface area contributed by atoms with Crippen molar-refractivity contribution in [3.63, 3.8) is 0 Å². The lowest BCUT2D eigenvalue weighted by molar-refractivity contribution is 0.284. The first-order valence-electron chi connectivity index (χ1n) is 7.51. The zero-order chi connectivity index (χ0) is 12.6. The Hall–Kier alpha value is 0. The topological polar surface area (TPSA) is 0 Å². The third-order valence-electron chi connectivity index (χ3n) is 4.14. The lowest BCUT2D eigenvalue weighted by atomic mass is 9.83. The molecule has 0 nitrogen and oxygen atoms in total. The standard InChI is InChI=1S/C11H24.C5H10/c1-6-10(5)11(7-2)8-9(3)4;1-5-3-2-4-5/h9-11H,6-8H2,1-5H3;5H,2-4H2,1H3. The minimum Gasteiger partial charge on any atom is -0.0651 e. The fourth-order valence-electron chi connectivity index (χ4n) is 2.35. The quantitative estimate of drug-likeness (QED) is 0.546. The zero-order valence-electron chi connectivity index (χ0n) is 12.6. The van der Waals surface area contributed by atoms with Crippen LogP contribution < -0.4 is 0 Å². The first-order chi connectivity index (χ1) is 7.51. The van der Waals surface area contributed by atoms with Gasteiger partial charge in [0, 0.05) is 0 Å². The van der Waals surface area contributed by atoms with E-state index in [1.54, 1.807) is 0 Å². The summed E-state index contributed by atoms with van der Waals surface area (Å²) in [6.07, 6.45) is 8.56. The molecule has 0 spiro atoms. The van der Waals surface area contributed by atoms with E-state index in [-0.39, 0.29) is 0 Å². The molecule has 0 N–H and O–H groups in total. The second-order valence-electron chi connectivity index (χ2n) is 6.22. The molecule has 0 aromatic carbocycles. The maximum absolute atomic E-state index is 2.39. The second kappa shape index (κ2) is 9.07. The van der Waals surface area contributed by atoms with Crippen LogP contribution in [0.5, 0.6) is 0 Å². The molecule has 0 saturated heterocycles. The van der Waals surface area contributed by atoms with E-state index in [9.17, 15) is 0 Å². The zero-order valence-corrected chi connectivity index (χ0v) is 12.6. The highest BCUT2D eigenvalue weighted by Crippen LogP contribution is 2.25. The third-order valence-corrected chi connectivity index (χ3v) is 4.14. The summed E-state index contributed by atoms with van der Waals surface area (Å²) < 4.78 is 0. The Kier molecular flexibility index (Phi) is 9.07. The van der Waals surface area contributed by atoms with Crippen LogP contribution in [0.15, 0.2) is 0 Å². The summed E-state index contributed by atoms with van der Waals surface area (Å²) in [5.74, 6) is 3.81. The Labute approximate surface area is 104 Å². The van der Waals surface area contributed by atoms with Crippen LogP contribution >= 0.6 is 0 Å². The van der Waals surface area contributed by atoms with Gasteiger partial charge in [-0.1, -0.05) is 73.6 Å². The Morgan fingerprint density at radius 1 is 1.00 bits per heavy atom. The van der Waals surface area contributed by atoms with Crippen molar-refractivity contribution < 1.29 is 0 Å². The molecule has 2 atom stereocenters. The van der Waals surface area contributed by atoms with Gasteiger partial charge in [0.05, 0.1) is 0 Å². The fourth-order valence-corrected chi connectivity index (χ4v) is 2.35. The van der Waals surface area contributed by atoms with Crippen molar-refractivity contribution in [1.82, 2.24) is 0 Å². The molecular weight excluding hydrogens is 192 g/mol. The van der Waals surface area contributed by atoms with Gasteiger partial charge in [0.15, 0.2) is 0 Å². The van der Waals surface area contributed by atoms with Crippen LogP contribution in [-0.2, 0) is 0 Å². The Morgan fingerprint density at radius 3 is 1.69 bits per heavy atom. The lowest BCUT2D eigenvalue weighted by Crippen LogP contribution is -2.12. The summed E-state index contributed by atoms with van der Waals surface area (Å²) in [6.45, 7) is 14.0. The van der Waals surface area contributed by atoms with Crippen molar-refractivity contribution in [3.05, 3.63) is 0 Å². The van der Waals surface area contributed by atoms with Crippen LogP contribution in [0.4, 0.5) is 0 Å². The van der Waals surface area contributed by atoms with Gasteiger partial charge in [0.25, 0.3) is 0 Å². The SMILES string of the molecule is CC1CCC1.CCC(C)C(CC)CC(C)C. The predicted molar refractivity (Wildman–Crippen MR) is 75.7 cm³/mol. The van der Waals surface area contributed by atoms with Crippen LogP contribution in [0, 0.1) is 23.7 Å². The lowest BCUT2D eigenvalue weighted by Gasteiger charge is -2.23. The van der Waals surface area contributed by atoms with Crippen molar-refractivity contribution in [1.29, 1.82) is 0 Å². The summed E-state index contributed by atoms with van der Waals surface area (Å²) in [5.41, 5.74) is 0. The van der Waals surface area contributed by atoms with E-state index in [1.165, 1.54) is 38.5 Å². The van der Waals surface area contributed by atoms with Gasteiger partial charge in [-0.2, -0.15) is 0 Å². The molecule has 0 bridgehead atoms. The molecule has 0 aromatic heterocycles. The maximum Gasteiger partial charge on any atom is -0.0389 e. The highest BCUT2D eigenvalue weighted by molar-refractivity contribution is 4.65. The number of hydrogen-bond acceptors (Lipinski definition) is 0. The van der Waals surface area contributed by atoms with Crippen LogP contribution in [0.2, 0.25) is 0 Å². The third kappa shape index (κ3) is 7.30. The minimum absolute atomic E-state index is 0.869. The molecule has 0 heterocycles. The average Bonchev–Trinajstić information content (AvgIpc) is 2.22. The highest BCUT2D eigenvalue weighted by Gasteiger charge is 2.14. The van der Waals surface area contributed by atoms with Gasteiger partial charge in [-0.15, -0.1) is 0 Å². The molecule has 1 saturated carbocycles. The largest absolute Gasteiger partial charge is 0.0651 e. The average molecular weight is 226 g/mol. The summed E-state index contributed by atoms with van der Waals surface area (Å²) >= 11 is 0. The summed E-state index contributed by atoms with van der Waals surface area (Å²) in [6, 6.07) is 0. The van der Waals surface area contributed by atoms with E-state index in [1.807, 2.05) is 0 Å². The van der Waals surface area contributed by atoms with E-state index in [0.717, 1.165) is 23.7 Å². The second-order valence-corrected chi connectivity index (χ2v) is 6.22. The van der Waals surface area contributed by atoms with Gasteiger partial charge in [-0.25, -0.2) is 0 Å². The molecule has 0 heteroatoms. The van der Waals surface area contributed by atoms with Crippen LogP contribution in [-0.4, -0.2) is 0 Å². The van der Waals surface area contributed by atoms with Crippen molar-refractivity contribution in [3.8, 4) is 0 Å². The molecule has 1 aliphatic carbocycles. The van der Waals surface area contributed by atoms with Crippen molar-refractivity contribution in [2.45, 2.75) is 80.1 Å². The van der Waals surface area contributed by atoms with E-state index in [2.05, 4.69) is 41.5 Å². The molecule has 1 fully saturated rings. The van der Waals surface area contributed by atoms with Crippen LogP contribution in [0.3, 0.4) is 0 Å². The number of rotatable bonds is 5. The molecule has 0 aromatic rings. The fraction of sp³-hybridized carbons (Fsp3) is 1.00. The minimum atomic E-state index is 0.869. The van der Waals surface area contributed by atoms with E-state index >= 15 is 0 Å². The molecule has 0 amide bonds. The smallest absolute Gasteiger partial charge is 0.0389 e. The Balaban J connectivity index is 0.000000368. The first kappa shape index (κ1) is 16.0. The molecule has 1 rings (SSSR count). The molecule has 1 aliphatic rings. The van der Waals surface area contributed by atoms with Gasteiger partial charge in [-0.3, -0.25) is 0 Å². The van der Waals surface area contributed by atoms with Gasteiger partial charge in [0.2, 0.25) is 0 Å². The van der Waals surface area contributed by atoms with Crippen molar-refractivity contribution >= 4 is 0 Å². The molecule has 0 aliphatic heterocycles. The first-order valence-corrected chi connectivity index (χ1v) is 7.51. The molecule has 0 radical (unpaired) electrons. The van der Waals surface area contributed by atoms with Crippen LogP contribution in [0.25, 0.3) is 0 Å². The maximum atomic E-state index is 2.39. The summed E-state index contributed by atoms with van der Waals surface area (Å²) in [7, 11) is 0. The molecule has 16 heavy (non-hydrogen) atoms. The van der Waals surface area contributed by atoms with Crippen molar-refractivity contribution in [2.75, 3.05) is 0 Å².